The Kier molecular flexibility index (Phi) is 12.4. The Morgan fingerprint density at radius 3 is 2.32 bits per heavy atom. The number of hydrogen-bond acceptors (Lipinski definition) is 4. The molecule has 0 aliphatic heterocycles. The lowest BCUT2D eigenvalue weighted by molar-refractivity contribution is -0.115. The van der Waals surface area contributed by atoms with E-state index in [9.17, 15) is 18.7 Å². The molecule has 0 spiro atoms. The number of amides is 1. The van der Waals surface area contributed by atoms with Gasteiger partial charge in [-0.1, -0.05) is 48.5 Å². The number of halogens is 4. The van der Waals surface area contributed by atoms with Crippen molar-refractivity contribution in [2.45, 2.75) is 25.5 Å². The van der Waals surface area contributed by atoms with Crippen molar-refractivity contribution in [2.75, 3.05) is 18.4 Å². The molecule has 4 aromatic rings. The molecule has 0 unspecified atom stereocenters. The maximum atomic E-state index is 14.0. The van der Waals surface area contributed by atoms with Crippen LogP contribution in [0.15, 0.2) is 85.2 Å². The van der Waals surface area contributed by atoms with Crippen LogP contribution in [0, 0.1) is 11.6 Å². The fourth-order valence-corrected chi connectivity index (χ4v) is 3.87. The molecule has 3 N–H and O–H groups in total. The van der Waals surface area contributed by atoms with E-state index in [1.54, 1.807) is 10.8 Å². The number of nitrogens with zero attached hydrogens (tertiary/aromatic N) is 2. The number of hydrogen-bond donors (Lipinski definition) is 3. The second-order valence-corrected chi connectivity index (χ2v) is 8.47. The summed E-state index contributed by atoms with van der Waals surface area (Å²) in [5.41, 5.74) is 2.55. The molecule has 38 heavy (non-hydrogen) atoms. The third-order valence-electron chi connectivity index (χ3n) is 5.86. The van der Waals surface area contributed by atoms with Crippen molar-refractivity contribution in [2.24, 2.45) is 0 Å². The average molecular weight is 563 g/mol. The number of carbonyl (C=O) groups is 1. The number of benzene rings is 3. The highest BCUT2D eigenvalue weighted by Gasteiger charge is 2.14. The van der Waals surface area contributed by atoms with Gasteiger partial charge in [0.15, 0.2) is 0 Å². The van der Waals surface area contributed by atoms with Gasteiger partial charge in [-0.25, -0.2) is 13.8 Å². The lowest BCUT2D eigenvalue weighted by Crippen LogP contribution is -2.23. The quantitative estimate of drug-likeness (QED) is 0.222. The molecule has 6 nitrogen and oxygen atoms in total. The first-order valence-corrected chi connectivity index (χ1v) is 11.7. The van der Waals surface area contributed by atoms with Crippen molar-refractivity contribution in [1.82, 2.24) is 14.9 Å². The molecule has 1 heterocycles. The van der Waals surface area contributed by atoms with Gasteiger partial charge in [-0.15, -0.1) is 24.8 Å². The van der Waals surface area contributed by atoms with Gasteiger partial charge in [-0.3, -0.25) is 4.79 Å². The van der Waals surface area contributed by atoms with Gasteiger partial charge in [0, 0.05) is 30.2 Å². The zero-order valence-corrected chi connectivity index (χ0v) is 22.2. The SMILES string of the molecule is Cl.Cl.O=C(Cc1nccn1Cc1c(F)cccc1F)Nc1ccc(CCNC[C@H](O)c2ccccc2)cc1. The number of aliphatic hydroxyl groups is 1. The summed E-state index contributed by atoms with van der Waals surface area (Å²) in [6.45, 7) is 1.13. The molecule has 4 rings (SSSR count). The minimum Gasteiger partial charge on any atom is -0.387 e. The summed E-state index contributed by atoms with van der Waals surface area (Å²) in [6, 6.07) is 20.8. The molecular formula is C28H30Cl2F2N4O2. The van der Waals surface area contributed by atoms with Crippen LogP contribution in [-0.2, 0) is 24.2 Å². The number of carbonyl (C=O) groups excluding carboxylic acids is 1. The Morgan fingerprint density at radius 1 is 0.947 bits per heavy atom. The van der Waals surface area contributed by atoms with Gasteiger partial charge < -0.3 is 20.3 Å². The van der Waals surface area contributed by atoms with Gasteiger partial charge in [0.25, 0.3) is 0 Å². The number of rotatable bonds is 11. The first-order valence-electron chi connectivity index (χ1n) is 11.7. The molecular weight excluding hydrogens is 533 g/mol. The second kappa shape index (κ2) is 15.2. The fourth-order valence-electron chi connectivity index (χ4n) is 3.87. The van der Waals surface area contributed by atoms with Crippen molar-refractivity contribution in [1.29, 1.82) is 0 Å². The van der Waals surface area contributed by atoms with Crippen LogP contribution in [0.25, 0.3) is 0 Å². The van der Waals surface area contributed by atoms with Crippen molar-refractivity contribution in [3.05, 3.63) is 119 Å². The maximum absolute atomic E-state index is 14.0. The lowest BCUT2D eigenvalue weighted by Gasteiger charge is -2.12. The number of nitrogens with one attached hydrogen (secondary N) is 2. The van der Waals surface area contributed by atoms with Crippen molar-refractivity contribution in [3.63, 3.8) is 0 Å². The summed E-state index contributed by atoms with van der Waals surface area (Å²) < 4.78 is 29.5. The minimum absolute atomic E-state index is 0. The van der Waals surface area contributed by atoms with Crippen LogP contribution in [0.2, 0.25) is 0 Å². The summed E-state index contributed by atoms with van der Waals surface area (Å²) in [5, 5.41) is 16.3. The molecule has 0 fully saturated rings. The fraction of sp³-hybridized carbons (Fsp3) is 0.214. The van der Waals surface area contributed by atoms with Gasteiger partial charge >= 0.3 is 0 Å². The number of aromatic nitrogens is 2. The molecule has 3 aromatic carbocycles. The zero-order chi connectivity index (χ0) is 25.3. The molecule has 1 aromatic heterocycles. The van der Waals surface area contributed by atoms with Crippen molar-refractivity contribution in [3.8, 4) is 0 Å². The molecule has 0 bridgehead atoms. The van der Waals surface area contributed by atoms with E-state index in [1.807, 2.05) is 54.6 Å². The number of aliphatic hydroxyl groups excluding tert-OH is 1. The van der Waals surface area contributed by atoms with E-state index in [1.165, 1.54) is 24.4 Å². The smallest absolute Gasteiger partial charge is 0.231 e. The summed E-state index contributed by atoms with van der Waals surface area (Å²) in [6.07, 6.45) is 3.29. The first kappa shape index (κ1) is 30.9. The lowest BCUT2D eigenvalue weighted by atomic mass is 10.1. The molecule has 1 atom stereocenters. The standard InChI is InChI=1S/C28H28F2N4O2.2ClH/c29-24-7-4-8-25(30)23(24)19-34-16-15-32-27(34)17-28(36)33-22-11-9-20(10-12-22)13-14-31-18-26(35)21-5-2-1-3-6-21;;/h1-12,15-16,26,31,35H,13-14,17-19H2,(H,33,36);2*1H/t26-;;/m0../s1. The second-order valence-electron chi connectivity index (χ2n) is 8.47. The van der Waals surface area contributed by atoms with E-state index >= 15 is 0 Å². The third-order valence-corrected chi connectivity index (χ3v) is 5.86. The summed E-state index contributed by atoms with van der Waals surface area (Å²) in [7, 11) is 0. The van der Waals surface area contributed by atoms with Crippen LogP contribution in [0.5, 0.6) is 0 Å². The Morgan fingerprint density at radius 2 is 1.63 bits per heavy atom. The predicted molar refractivity (Wildman–Crippen MR) is 149 cm³/mol. The van der Waals surface area contributed by atoms with Crippen LogP contribution < -0.4 is 10.6 Å². The molecule has 0 radical (unpaired) electrons. The topological polar surface area (TPSA) is 79.2 Å². The van der Waals surface area contributed by atoms with Gasteiger partial charge in [0.1, 0.15) is 17.5 Å². The van der Waals surface area contributed by atoms with Gasteiger partial charge in [0.05, 0.1) is 19.1 Å². The van der Waals surface area contributed by atoms with Crippen LogP contribution in [0.3, 0.4) is 0 Å². The average Bonchev–Trinajstić information content (AvgIpc) is 3.31. The molecule has 0 aliphatic rings. The van der Waals surface area contributed by atoms with E-state index in [0.717, 1.165) is 17.5 Å². The van der Waals surface area contributed by atoms with Crippen molar-refractivity contribution < 1.29 is 18.7 Å². The maximum Gasteiger partial charge on any atom is 0.231 e. The van der Waals surface area contributed by atoms with Gasteiger partial charge in [-0.05, 0) is 48.4 Å². The largest absolute Gasteiger partial charge is 0.387 e. The van der Waals surface area contributed by atoms with Gasteiger partial charge in [0.2, 0.25) is 5.91 Å². The highest BCUT2D eigenvalue weighted by Crippen LogP contribution is 2.16. The van der Waals surface area contributed by atoms with Crippen LogP contribution in [0.4, 0.5) is 14.5 Å². The zero-order valence-electron chi connectivity index (χ0n) is 20.5. The number of anilines is 1. The molecule has 1 amide bonds. The van der Waals surface area contributed by atoms with E-state index in [-0.39, 0.29) is 49.3 Å². The van der Waals surface area contributed by atoms with Crippen molar-refractivity contribution >= 4 is 36.4 Å². The summed E-state index contributed by atoms with van der Waals surface area (Å²) in [5.74, 6) is -1.14. The molecule has 0 saturated carbocycles. The summed E-state index contributed by atoms with van der Waals surface area (Å²) >= 11 is 0. The molecule has 0 aliphatic carbocycles. The minimum atomic E-state index is -0.637. The predicted octanol–water partition coefficient (Wildman–Crippen LogP) is 5.10. The summed E-state index contributed by atoms with van der Waals surface area (Å²) in [4.78, 5) is 16.7. The van der Waals surface area contributed by atoms with E-state index in [0.29, 0.717) is 24.6 Å². The van der Waals surface area contributed by atoms with E-state index in [4.69, 9.17) is 0 Å². The first-order chi connectivity index (χ1) is 17.5. The molecule has 202 valence electrons. The Bertz CT molecular complexity index is 1270. The molecule has 0 saturated heterocycles. The van der Waals surface area contributed by atoms with Gasteiger partial charge in [-0.2, -0.15) is 0 Å². The Hall–Kier alpha value is -3.30. The highest BCUT2D eigenvalue weighted by molar-refractivity contribution is 5.91. The third kappa shape index (κ3) is 8.63. The van der Waals surface area contributed by atoms with E-state index in [2.05, 4.69) is 15.6 Å². The van der Waals surface area contributed by atoms with Crippen LogP contribution >= 0.6 is 24.8 Å². The Labute approximate surface area is 232 Å². The molecule has 10 heteroatoms. The normalized spacial score (nSPS) is 11.2. The monoisotopic (exact) mass is 562 g/mol. The van der Waals surface area contributed by atoms with E-state index < -0.39 is 17.7 Å². The van der Waals surface area contributed by atoms with Crippen LogP contribution in [0.1, 0.15) is 28.6 Å². The highest BCUT2D eigenvalue weighted by atomic mass is 35.5. The Balaban J connectivity index is 0.00000253. The number of imidazole rings is 1. The van der Waals surface area contributed by atoms with Crippen LogP contribution in [-0.4, -0.2) is 33.7 Å².